The van der Waals surface area contributed by atoms with E-state index in [4.69, 9.17) is 16.7 Å². The number of amidine groups is 2. The average molecular weight is 2120 g/mol. The van der Waals surface area contributed by atoms with Crippen LogP contribution >= 0.6 is 11.6 Å². The molecule has 14 aromatic rings. The third-order valence-electron chi connectivity index (χ3n) is 21.9. The monoisotopic (exact) mass is 2120 g/mol. The molecule has 43 nitrogen and oxygen atoms in total. The van der Waals surface area contributed by atoms with E-state index in [2.05, 4.69) is 153 Å². The largest absolute Gasteiger partial charge is 0.586 e. The number of methoxy groups -OCH3 is 1. The molecule has 0 radical (unpaired) electrons. The highest BCUT2D eigenvalue weighted by atomic mass is 35.5. The van der Waals surface area contributed by atoms with Crippen LogP contribution in [0.3, 0.4) is 0 Å². The summed E-state index contributed by atoms with van der Waals surface area (Å²) in [6, 6.07) is 35.5. The molecule has 57 heteroatoms. The van der Waals surface area contributed by atoms with Crippen molar-refractivity contribution in [2.24, 2.45) is 15.1 Å². The fourth-order valence-electron chi connectivity index (χ4n) is 15.2. The van der Waals surface area contributed by atoms with Crippen molar-refractivity contribution < 1.29 is 161 Å². The Morgan fingerprint density at radius 2 is 0.760 bits per heavy atom. The number of nitrogens with one attached hydrogen (secondary N) is 11. The molecule has 8 aliphatic heterocycles. The summed E-state index contributed by atoms with van der Waals surface area (Å²) in [5, 5.41) is 21.1. The van der Waals surface area contributed by atoms with Crippen LogP contribution in [0.1, 0.15) is 82.8 Å². The molecule has 0 saturated carbocycles. The number of amides is 6. The van der Waals surface area contributed by atoms with Gasteiger partial charge in [0.25, 0.3) is 35.4 Å². The lowest BCUT2D eigenvalue weighted by molar-refractivity contribution is -0.287. The van der Waals surface area contributed by atoms with E-state index in [1.165, 1.54) is 136 Å². The third-order valence-corrected chi connectivity index (χ3v) is 23.1. The lowest BCUT2D eigenvalue weighted by Crippen LogP contribution is -2.30. The Morgan fingerprint density at radius 1 is 0.413 bits per heavy atom. The smallest absolute Gasteiger partial charge is 0.465 e. The van der Waals surface area contributed by atoms with Gasteiger partial charge in [0.1, 0.15) is 17.4 Å². The zero-order valence-corrected chi connectivity index (χ0v) is 77.6. The first-order valence-corrected chi connectivity index (χ1v) is 45.0. The molecule has 0 unspecified atom stereocenters. The molecular formula is C93H63ClF12N20O23S. The molecule has 150 heavy (non-hydrogen) atoms. The van der Waals surface area contributed by atoms with E-state index < -0.39 is 77.4 Å². The number of imidazole rings is 5. The Morgan fingerprint density at radius 3 is 1.13 bits per heavy atom. The predicted molar refractivity (Wildman–Crippen MR) is 498 cm³/mol. The van der Waals surface area contributed by atoms with E-state index in [0.717, 1.165) is 5.69 Å². The summed E-state index contributed by atoms with van der Waals surface area (Å²) in [6.07, 6.45) is -12.7. The number of H-pyrrole nitrogens is 5. The normalized spacial score (nSPS) is 16.2. The number of hydrogen-bond donors (Lipinski definition) is 12. The summed E-state index contributed by atoms with van der Waals surface area (Å²) < 4.78 is 236. The number of fused-ring (bicyclic) bond motifs is 12. The van der Waals surface area contributed by atoms with Gasteiger partial charge in [-0.1, -0.05) is 35.9 Å². The second-order valence-corrected chi connectivity index (χ2v) is 34.8. The van der Waals surface area contributed by atoms with E-state index >= 15 is 0 Å². The van der Waals surface area contributed by atoms with Gasteiger partial charge in [-0.05, 0) is 116 Å². The predicted octanol–water partition coefficient (Wildman–Crippen LogP) is 15.5. The highest BCUT2D eigenvalue weighted by Gasteiger charge is 2.50. The van der Waals surface area contributed by atoms with Crippen LogP contribution in [0.5, 0.6) is 69.0 Å². The summed E-state index contributed by atoms with van der Waals surface area (Å²) in [5.74, 6) is -3.25. The van der Waals surface area contributed by atoms with Crippen LogP contribution in [0.4, 0.5) is 93.5 Å². The first-order chi connectivity index (χ1) is 71.0. The number of primary sulfonamides is 1. The van der Waals surface area contributed by atoms with Crippen molar-refractivity contribution in [2.45, 2.75) is 70.4 Å². The second kappa shape index (κ2) is 38.2. The Hall–Kier alpha value is -18.9. The molecule has 13 N–H and O–H groups in total. The van der Waals surface area contributed by atoms with Gasteiger partial charge >= 0.3 is 43.7 Å². The van der Waals surface area contributed by atoms with Crippen molar-refractivity contribution in [1.29, 1.82) is 0 Å². The molecule has 770 valence electrons. The minimum Gasteiger partial charge on any atom is -0.465 e. The Balaban J connectivity index is 0.000000113. The number of aliphatic imine (C=N–C) groups is 2. The number of nitrogens with two attached hydrogens (primary N) is 1. The van der Waals surface area contributed by atoms with Crippen molar-refractivity contribution in [3.8, 4) is 69.0 Å². The number of benzene rings is 9. The molecule has 0 atom stereocenters. The maximum Gasteiger partial charge on any atom is 0.586 e. The van der Waals surface area contributed by atoms with Gasteiger partial charge in [-0.3, -0.25) is 54.8 Å². The minimum absolute atomic E-state index is 0.0322. The zero-order chi connectivity index (χ0) is 106. The highest BCUT2D eigenvalue weighted by molar-refractivity contribution is 7.93. The summed E-state index contributed by atoms with van der Waals surface area (Å²) >= 11 is 5.78. The van der Waals surface area contributed by atoms with E-state index in [-0.39, 0.29) is 150 Å². The van der Waals surface area contributed by atoms with Crippen molar-refractivity contribution in [2.75, 3.05) is 47.4 Å². The first-order valence-electron chi connectivity index (χ1n) is 43.1. The summed E-state index contributed by atoms with van der Waals surface area (Å²) in [5.41, 5.74) is 8.70. The molecule has 0 spiro atoms. The molecule has 13 heterocycles. The first kappa shape index (κ1) is 99.8. The molecular weight excluding hydrogens is 2060 g/mol. The van der Waals surface area contributed by atoms with Gasteiger partial charge in [-0.25, -0.2) is 53.3 Å². The van der Waals surface area contributed by atoms with Crippen LogP contribution in [0.15, 0.2) is 214 Å². The lowest BCUT2D eigenvalue weighted by atomic mass is 10.1. The number of anilines is 5. The third kappa shape index (κ3) is 22.3. The summed E-state index contributed by atoms with van der Waals surface area (Å²) in [6.45, 7) is 1.43. The van der Waals surface area contributed by atoms with Crippen molar-refractivity contribution in [1.82, 2.24) is 60.5 Å². The number of nitrogens with zero attached hydrogens (tertiary/aromatic N) is 8. The number of carbonyl (C=O) groups is 8. The van der Waals surface area contributed by atoms with Crippen LogP contribution in [0.2, 0.25) is 5.02 Å². The summed E-state index contributed by atoms with van der Waals surface area (Å²) in [4.78, 5) is 140. The number of halogens is 13. The van der Waals surface area contributed by atoms with Crippen molar-refractivity contribution in [3.05, 3.63) is 248 Å². The number of aromatic amines is 5. The number of esters is 1. The summed E-state index contributed by atoms with van der Waals surface area (Å²) in [7, 11) is 1.14. The molecule has 0 bridgehead atoms. The minimum atomic E-state index is -3.89. The van der Waals surface area contributed by atoms with Crippen LogP contribution in [-0.4, -0.2) is 176 Å². The maximum atomic E-state index is 13.1. The fraction of sp³-hybridized carbons (Fsp3) is 0.151. The number of hydrogen-bond acceptors (Lipinski definition) is 31. The second-order valence-electron chi connectivity index (χ2n) is 32.8. The number of allylic oxidation sites excluding steroid dienone is 5. The van der Waals surface area contributed by atoms with Gasteiger partial charge in [-0.15, -0.1) is 52.7 Å². The van der Waals surface area contributed by atoms with Gasteiger partial charge < -0.3 is 102 Å². The van der Waals surface area contributed by atoms with Gasteiger partial charge in [0.05, 0.1) is 85.6 Å². The molecule has 5 aromatic heterocycles. The van der Waals surface area contributed by atoms with Crippen LogP contribution < -0.4 is 98.8 Å². The molecule has 9 aromatic carbocycles. The number of ether oxygens (including phenoxy) is 13. The number of alkyl halides is 12. The number of rotatable bonds is 14. The quantitative estimate of drug-likeness (QED) is 0.0355. The van der Waals surface area contributed by atoms with E-state index in [1.54, 1.807) is 54.6 Å². The fourth-order valence-corrected chi connectivity index (χ4v) is 16.0. The van der Waals surface area contributed by atoms with E-state index in [9.17, 15) is 99.5 Å². The standard InChI is InChI=1S/C18H15F2N3O3.C17H11F2N3O5.C16H9ClF2N2O3.C16H11F2N3O4.C14H10F2N4O5S.C12H7F2N5O3/c1-23(2)12-5-3-4-10(6-12)17(24)22-16-8-11-7-14-15(9-13(11)21-16)26-18(19,20)25-14;1-25-15(24)9-4-2-3-8(5-9)14(23)22-16-20-10-6-12-13(7-11(10)21-16)27-17(18,19)26-12;17-10-3-1-8(2-4-10)15(22)21-14-6-9-5-12-13(7-11(9)20-14)24-16(18,19)23-12;1-7(22)8-2-3-9(4-8)14(23)21-15-19-10-5-12-13(6-11(10)20-15)25-16(17,18)24-12;15-14(16)24-10-4-8-9(5-11(10)25-14)19-13(18-8)20-12(21)6-1-2-7(3-6)26(17,22)23;13-12(14)21-8-1-5-6(2-9(8)22-12)18-11(17-5)19-10(20)7-3-15-4-16-7/h3-7,9H,8H2,1-2H3,(H,21,22,24);2-7H,1H3,(H2,20,21,22,23);1-5,7H,6H2,(H,20,21,22);2,4-6H,3H2,1H3,(H2,19,20,21,23);2-5H,1H2,(H2,17,22,23)(H2,18,19,20,21);1-4H,(H,15,16)(H2,17,18,19,20). The van der Waals surface area contributed by atoms with E-state index in [0.29, 0.717) is 119 Å². The van der Waals surface area contributed by atoms with E-state index in [1.807, 2.05) is 25.1 Å². The number of Topliss-reactive ketones (excluding diaryl/α,β-unsaturated/α-hetero) is 1. The Labute approximate surface area is 833 Å². The maximum absolute atomic E-state index is 13.1. The lowest BCUT2D eigenvalue weighted by Gasteiger charge is -2.13. The highest BCUT2D eigenvalue weighted by Crippen LogP contribution is 2.51. The SMILES string of the molecule is CC(=O)C1=CCC(C(=O)Nc2nc3cc4c(cc3[nH]2)OC(F)(F)O4)=C1.CN(C)c1cccc(C(=O)NC2=Nc3cc4c(cc3C2)OC(F)(F)O4)c1.COC(=O)c1cccc(C(=O)Nc2nc3cc4c(cc3[nH]2)OC(F)(F)O4)c1.NS(=O)(=O)C1=CCC(C(=O)Nc2nc3cc4c(cc3[nH]2)OC(F)(F)O4)=C1.O=C(NC1=Nc2cc3c(cc2C1)OC(F)(F)O3)c1ccc(Cl)cc1.O=C(Nc1nc2cc3c(cc2[nH]1)OC(F)(F)O3)c1cnc[nH]1. The van der Waals surface area contributed by atoms with Crippen LogP contribution in [-0.2, 0) is 42.0 Å². The van der Waals surface area contributed by atoms with Gasteiger partial charge in [0, 0.05) is 132 Å². The van der Waals surface area contributed by atoms with Crippen LogP contribution in [0.25, 0.3) is 44.1 Å². The number of sulfonamides is 1. The number of ketones is 1. The molecule has 0 fully saturated rings. The van der Waals surface area contributed by atoms with Crippen molar-refractivity contribution in [3.63, 3.8) is 0 Å². The molecule has 10 aliphatic rings. The van der Waals surface area contributed by atoms with Crippen molar-refractivity contribution >= 4 is 165 Å². The van der Waals surface area contributed by atoms with Crippen LogP contribution in [0, 0.1) is 0 Å². The van der Waals surface area contributed by atoms with Gasteiger partial charge in [0.15, 0.2) is 74.8 Å². The topological polar surface area (TPSA) is 560 Å². The number of carbonyl (C=O) groups excluding carboxylic acids is 8. The number of aromatic nitrogens is 10. The Bertz CT molecular complexity index is 8180. The average Bonchev–Trinajstić information content (AvgIpc) is 1.67. The van der Waals surface area contributed by atoms with Gasteiger partial charge in [0.2, 0.25) is 33.8 Å². The molecule has 0 saturated heterocycles. The zero-order valence-electron chi connectivity index (χ0n) is 76.0. The Kier molecular flexibility index (Phi) is 25.4. The molecule has 2 aliphatic carbocycles. The van der Waals surface area contributed by atoms with Gasteiger partial charge in [-0.2, -0.15) is 0 Å². The molecule has 24 rings (SSSR count). The molecule has 6 amide bonds.